The lowest BCUT2D eigenvalue weighted by Gasteiger charge is -2.30. The molecule has 2 aromatic carbocycles. The monoisotopic (exact) mass is 479 g/mol. The van der Waals surface area contributed by atoms with Crippen molar-refractivity contribution in [3.8, 4) is 0 Å². The summed E-state index contributed by atoms with van der Waals surface area (Å²) in [4.78, 5) is 12.8. The molecular weight excluding hydrogens is 450 g/mol. The molecule has 0 bridgehead atoms. The molecule has 1 aliphatic rings. The van der Waals surface area contributed by atoms with Crippen LogP contribution in [0, 0.1) is 6.92 Å². The molecule has 1 aliphatic carbocycles. The Hall–Kier alpha value is -2.43. The number of benzene rings is 2. The molecule has 2 aromatic rings. The van der Waals surface area contributed by atoms with Gasteiger partial charge in [0.25, 0.3) is 5.91 Å². The van der Waals surface area contributed by atoms with Gasteiger partial charge in [0.1, 0.15) is 0 Å². The van der Waals surface area contributed by atoms with Crippen LogP contribution in [0.25, 0.3) is 0 Å². The van der Waals surface area contributed by atoms with Gasteiger partial charge in [-0.05, 0) is 61.7 Å². The topological polar surface area (TPSA) is 113 Å². The fourth-order valence-corrected chi connectivity index (χ4v) is 5.83. The summed E-state index contributed by atoms with van der Waals surface area (Å²) in [5.74, 6) is -0.427. The summed E-state index contributed by atoms with van der Waals surface area (Å²) < 4.78 is 52.8. The predicted octanol–water partition coefficient (Wildman–Crippen LogP) is 3.57. The van der Waals surface area contributed by atoms with Gasteiger partial charge < -0.3 is 5.32 Å². The van der Waals surface area contributed by atoms with Crippen molar-refractivity contribution in [3.05, 3.63) is 53.6 Å². The van der Waals surface area contributed by atoms with E-state index in [1.54, 1.807) is 26.1 Å². The molecular formula is C22H29N3O5S2. The number of aryl methyl sites for hydroxylation is 1. The van der Waals surface area contributed by atoms with Crippen molar-refractivity contribution in [1.29, 1.82) is 0 Å². The first-order valence-corrected chi connectivity index (χ1v) is 13.8. The highest BCUT2D eigenvalue weighted by Gasteiger charge is 2.29. The van der Waals surface area contributed by atoms with Crippen molar-refractivity contribution >= 4 is 37.3 Å². The third-order valence-electron chi connectivity index (χ3n) is 5.67. The molecule has 0 heterocycles. The van der Waals surface area contributed by atoms with E-state index in [-0.39, 0.29) is 10.9 Å². The van der Waals surface area contributed by atoms with Gasteiger partial charge in [-0.25, -0.2) is 16.8 Å². The van der Waals surface area contributed by atoms with E-state index in [0.29, 0.717) is 22.5 Å². The minimum atomic E-state index is -3.63. The Bertz CT molecular complexity index is 1190. The number of anilines is 2. The van der Waals surface area contributed by atoms with Gasteiger partial charge >= 0.3 is 0 Å². The number of carbonyl (C=O) groups is 1. The molecule has 0 radical (unpaired) electrons. The van der Waals surface area contributed by atoms with E-state index in [4.69, 9.17) is 0 Å². The maximum Gasteiger partial charge on any atom is 0.255 e. The molecule has 1 amide bonds. The average molecular weight is 480 g/mol. The Labute approximate surface area is 190 Å². The first kappa shape index (κ1) is 24.2. The van der Waals surface area contributed by atoms with Gasteiger partial charge in [-0.1, -0.05) is 25.3 Å². The highest BCUT2D eigenvalue weighted by atomic mass is 32.2. The zero-order valence-electron chi connectivity index (χ0n) is 18.5. The SMILES string of the molecule is Cc1ccc(NC(=O)c2ccc(S(=O)(=O)N(C)C3CCCCC3)cc2)cc1NS(C)(=O)=O. The Morgan fingerprint density at radius 3 is 2.19 bits per heavy atom. The van der Waals surface area contributed by atoms with Crippen LogP contribution in [0.15, 0.2) is 47.4 Å². The normalized spacial score (nSPS) is 15.5. The molecule has 32 heavy (non-hydrogen) atoms. The largest absolute Gasteiger partial charge is 0.322 e. The van der Waals surface area contributed by atoms with E-state index in [0.717, 1.165) is 38.4 Å². The van der Waals surface area contributed by atoms with E-state index in [2.05, 4.69) is 10.0 Å². The number of rotatable bonds is 7. The van der Waals surface area contributed by atoms with Crippen molar-refractivity contribution in [2.45, 2.75) is 50.0 Å². The standard InChI is InChI=1S/C22H29N3O5S2/c1-16-9-12-18(15-21(16)24-31(3,27)28)23-22(26)17-10-13-20(14-11-17)32(29,30)25(2)19-7-5-4-6-8-19/h9-15,19,24H,4-8H2,1-3H3,(H,23,26). The van der Waals surface area contributed by atoms with Crippen molar-refractivity contribution < 1.29 is 21.6 Å². The number of nitrogens with one attached hydrogen (secondary N) is 2. The zero-order valence-corrected chi connectivity index (χ0v) is 20.1. The summed E-state index contributed by atoms with van der Waals surface area (Å²) >= 11 is 0. The maximum absolute atomic E-state index is 13.0. The summed E-state index contributed by atoms with van der Waals surface area (Å²) in [6.45, 7) is 1.75. The van der Waals surface area contributed by atoms with Crippen LogP contribution < -0.4 is 10.0 Å². The van der Waals surface area contributed by atoms with Gasteiger partial charge in [0.05, 0.1) is 16.8 Å². The molecule has 0 saturated heterocycles. The van der Waals surface area contributed by atoms with Gasteiger partial charge in [-0.15, -0.1) is 0 Å². The Kier molecular flexibility index (Phi) is 7.26. The Morgan fingerprint density at radius 1 is 0.969 bits per heavy atom. The van der Waals surface area contributed by atoms with Gasteiger partial charge in [0.2, 0.25) is 20.0 Å². The van der Waals surface area contributed by atoms with E-state index >= 15 is 0 Å². The van der Waals surface area contributed by atoms with Gasteiger partial charge in [0, 0.05) is 24.3 Å². The zero-order chi connectivity index (χ0) is 23.5. The molecule has 0 unspecified atom stereocenters. The summed E-state index contributed by atoms with van der Waals surface area (Å²) in [5, 5.41) is 2.71. The number of nitrogens with zero attached hydrogens (tertiary/aromatic N) is 1. The summed E-state index contributed by atoms with van der Waals surface area (Å²) in [7, 11) is -5.47. The quantitative estimate of drug-likeness (QED) is 0.630. The predicted molar refractivity (Wildman–Crippen MR) is 126 cm³/mol. The van der Waals surface area contributed by atoms with E-state index < -0.39 is 26.0 Å². The van der Waals surface area contributed by atoms with Crippen LogP contribution in [0.1, 0.15) is 48.0 Å². The van der Waals surface area contributed by atoms with Crippen LogP contribution in [-0.4, -0.2) is 46.4 Å². The number of hydrogen-bond acceptors (Lipinski definition) is 5. The smallest absolute Gasteiger partial charge is 0.255 e. The molecule has 0 aromatic heterocycles. The lowest BCUT2D eigenvalue weighted by Crippen LogP contribution is -2.38. The molecule has 1 saturated carbocycles. The molecule has 2 N–H and O–H groups in total. The van der Waals surface area contributed by atoms with Crippen LogP contribution >= 0.6 is 0 Å². The molecule has 0 atom stereocenters. The van der Waals surface area contributed by atoms with Crippen LogP contribution in [0.2, 0.25) is 0 Å². The van der Waals surface area contributed by atoms with Crippen LogP contribution in [0.3, 0.4) is 0 Å². The van der Waals surface area contributed by atoms with Crippen LogP contribution in [-0.2, 0) is 20.0 Å². The highest BCUT2D eigenvalue weighted by Crippen LogP contribution is 2.27. The average Bonchev–Trinajstić information content (AvgIpc) is 2.75. The van der Waals surface area contributed by atoms with Gasteiger partial charge in [-0.2, -0.15) is 4.31 Å². The first-order valence-electron chi connectivity index (χ1n) is 10.5. The van der Waals surface area contributed by atoms with E-state index in [1.807, 2.05) is 0 Å². The molecule has 10 heteroatoms. The number of hydrogen-bond donors (Lipinski definition) is 2. The summed E-state index contributed by atoms with van der Waals surface area (Å²) in [5.41, 5.74) is 1.80. The van der Waals surface area contributed by atoms with Crippen molar-refractivity contribution in [2.75, 3.05) is 23.3 Å². The Morgan fingerprint density at radius 2 is 1.59 bits per heavy atom. The maximum atomic E-state index is 13.0. The third kappa shape index (κ3) is 5.87. The lowest BCUT2D eigenvalue weighted by atomic mass is 9.96. The number of amides is 1. The molecule has 0 aliphatic heterocycles. The van der Waals surface area contributed by atoms with Gasteiger partial charge in [0.15, 0.2) is 0 Å². The molecule has 3 rings (SSSR count). The molecule has 1 fully saturated rings. The number of carbonyl (C=O) groups excluding carboxylic acids is 1. The minimum Gasteiger partial charge on any atom is -0.322 e. The van der Waals surface area contributed by atoms with E-state index in [9.17, 15) is 21.6 Å². The first-order chi connectivity index (χ1) is 15.0. The second-order valence-corrected chi connectivity index (χ2v) is 11.9. The lowest BCUT2D eigenvalue weighted by molar-refractivity contribution is 0.102. The summed E-state index contributed by atoms with van der Waals surface area (Å²) in [6, 6.07) is 10.7. The number of sulfonamides is 2. The molecule has 0 spiro atoms. The van der Waals surface area contributed by atoms with Crippen LogP contribution in [0.4, 0.5) is 11.4 Å². The second-order valence-electron chi connectivity index (χ2n) is 8.20. The minimum absolute atomic E-state index is 0.00741. The molecule has 8 nitrogen and oxygen atoms in total. The van der Waals surface area contributed by atoms with Crippen LogP contribution in [0.5, 0.6) is 0 Å². The fourth-order valence-electron chi connectivity index (χ4n) is 3.80. The van der Waals surface area contributed by atoms with Crippen molar-refractivity contribution in [1.82, 2.24) is 4.31 Å². The third-order valence-corrected chi connectivity index (χ3v) is 8.19. The van der Waals surface area contributed by atoms with Crippen molar-refractivity contribution in [2.24, 2.45) is 0 Å². The fraction of sp³-hybridized carbons (Fsp3) is 0.409. The van der Waals surface area contributed by atoms with Crippen molar-refractivity contribution in [3.63, 3.8) is 0 Å². The highest BCUT2D eigenvalue weighted by molar-refractivity contribution is 7.92. The Balaban J connectivity index is 1.73. The summed E-state index contributed by atoms with van der Waals surface area (Å²) in [6.07, 6.45) is 5.99. The van der Waals surface area contributed by atoms with Gasteiger partial charge in [-0.3, -0.25) is 9.52 Å². The second kappa shape index (κ2) is 9.60. The van der Waals surface area contributed by atoms with E-state index in [1.165, 1.54) is 34.6 Å². The molecule has 174 valence electrons.